The van der Waals surface area contributed by atoms with Gasteiger partial charge in [-0.3, -0.25) is 0 Å². The van der Waals surface area contributed by atoms with E-state index in [9.17, 15) is 0 Å². The Balaban J connectivity index is 1.21. The molecule has 0 bridgehead atoms. The van der Waals surface area contributed by atoms with Crippen molar-refractivity contribution < 1.29 is 4.42 Å². The van der Waals surface area contributed by atoms with Crippen molar-refractivity contribution in [2.24, 2.45) is 0 Å². The molecule has 3 aromatic heterocycles. The lowest BCUT2D eigenvalue weighted by Gasteiger charge is -2.08. The second-order valence-corrected chi connectivity index (χ2v) is 12.1. The highest BCUT2D eigenvalue weighted by molar-refractivity contribution is 7.21. The highest BCUT2D eigenvalue weighted by atomic mass is 32.1. The number of nitrogens with zero attached hydrogens (tertiary/aromatic N) is 4. The van der Waals surface area contributed by atoms with Crippen LogP contribution in [0.1, 0.15) is 0 Å². The Morgan fingerprint density at radius 1 is 0.413 bits per heavy atom. The first-order valence-electron chi connectivity index (χ1n) is 15.1. The van der Waals surface area contributed by atoms with E-state index in [-0.39, 0.29) is 0 Å². The van der Waals surface area contributed by atoms with E-state index in [0.29, 0.717) is 17.5 Å². The Morgan fingerprint density at radius 3 is 1.59 bits per heavy atom. The second kappa shape index (κ2) is 10.9. The monoisotopic (exact) mass is 608 g/mol. The first-order chi connectivity index (χ1) is 22.8. The number of thiazole rings is 1. The smallest absolute Gasteiger partial charge is 0.167 e. The van der Waals surface area contributed by atoms with Gasteiger partial charge in [0.15, 0.2) is 17.5 Å². The fourth-order valence-electron chi connectivity index (χ4n) is 5.95. The number of furan rings is 1. The fourth-order valence-corrected chi connectivity index (χ4v) is 6.96. The number of para-hydroxylation sites is 2. The summed E-state index contributed by atoms with van der Waals surface area (Å²) in [7, 11) is 0. The number of benzene rings is 6. The van der Waals surface area contributed by atoms with Gasteiger partial charge in [0.05, 0.1) is 15.8 Å². The number of hydrogen-bond donors (Lipinski definition) is 0. The van der Waals surface area contributed by atoms with Gasteiger partial charge in [-0.2, -0.15) is 0 Å². The molecule has 0 spiro atoms. The predicted molar refractivity (Wildman–Crippen MR) is 187 cm³/mol. The minimum atomic E-state index is 0.568. The summed E-state index contributed by atoms with van der Waals surface area (Å²) in [6.07, 6.45) is 0. The standard InChI is InChI=1S/C40H24N4OS/c1-4-12-25(13-5-1)37-42-38(26-14-6-2-7-15-26)44-39(43-37)32-21-11-20-31-30-19-10-18-29(35(30)45-36(31)32)28-22-23-33-34(24-28)46-40(41-33)27-16-8-3-9-17-27/h1-24H. The molecule has 5 nitrogen and oxygen atoms in total. The molecule has 0 saturated carbocycles. The van der Waals surface area contributed by atoms with Crippen LogP contribution >= 0.6 is 11.3 Å². The topological polar surface area (TPSA) is 64.7 Å². The number of rotatable bonds is 5. The molecule has 0 aliphatic heterocycles. The molecule has 0 aliphatic rings. The molecule has 6 heteroatoms. The maximum Gasteiger partial charge on any atom is 0.167 e. The molecule has 0 unspecified atom stereocenters. The van der Waals surface area contributed by atoms with Gasteiger partial charge in [0.1, 0.15) is 16.2 Å². The molecule has 6 aromatic carbocycles. The average molecular weight is 609 g/mol. The molecule has 46 heavy (non-hydrogen) atoms. The summed E-state index contributed by atoms with van der Waals surface area (Å²) in [5, 5.41) is 3.08. The maximum atomic E-state index is 6.79. The number of aromatic nitrogens is 4. The van der Waals surface area contributed by atoms with E-state index in [0.717, 1.165) is 70.5 Å². The molecule has 0 fully saturated rings. The third kappa shape index (κ3) is 4.55. The van der Waals surface area contributed by atoms with Gasteiger partial charge in [0, 0.05) is 33.0 Å². The summed E-state index contributed by atoms with van der Waals surface area (Å²) in [6, 6.07) is 49.3. The average Bonchev–Trinajstić information content (AvgIpc) is 3.74. The molecule has 9 aromatic rings. The van der Waals surface area contributed by atoms with Gasteiger partial charge in [0.25, 0.3) is 0 Å². The van der Waals surface area contributed by atoms with Crippen molar-refractivity contribution in [1.29, 1.82) is 0 Å². The highest BCUT2D eigenvalue weighted by Crippen LogP contribution is 2.41. The molecular weight excluding hydrogens is 585 g/mol. The Morgan fingerprint density at radius 2 is 0.957 bits per heavy atom. The predicted octanol–water partition coefficient (Wildman–Crippen LogP) is 10.7. The van der Waals surface area contributed by atoms with Gasteiger partial charge in [0.2, 0.25) is 0 Å². The molecule has 0 radical (unpaired) electrons. The summed E-state index contributed by atoms with van der Waals surface area (Å²) >= 11 is 1.70. The van der Waals surface area contributed by atoms with E-state index in [1.165, 1.54) is 0 Å². The minimum Gasteiger partial charge on any atom is -0.455 e. The molecule has 0 saturated heterocycles. The molecule has 216 valence electrons. The normalized spacial score (nSPS) is 11.5. The van der Waals surface area contributed by atoms with Crippen LogP contribution < -0.4 is 0 Å². The van der Waals surface area contributed by atoms with Gasteiger partial charge in [-0.15, -0.1) is 11.3 Å². The quantitative estimate of drug-likeness (QED) is 0.194. The molecule has 0 amide bonds. The van der Waals surface area contributed by atoms with Crippen LogP contribution in [0.4, 0.5) is 0 Å². The van der Waals surface area contributed by atoms with Crippen LogP contribution in [-0.2, 0) is 0 Å². The summed E-state index contributed by atoms with van der Waals surface area (Å²) in [5.41, 5.74) is 8.49. The number of hydrogen-bond acceptors (Lipinski definition) is 6. The van der Waals surface area contributed by atoms with Crippen LogP contribution in [0.15, 0.2) is 150 Å². The van der Waals surface area contributed by atoms with E-state index in [2.05, 4.69) is 54.6 Å². The van der Waals surface area contributed by atoms with Crippen molar-refractivity contribution in [2.75, 3.05) is 0 Å². The van der Waals surface area contributed by atoms with Crippen molar-refractivity contribution >= 4 is 43.5 Å². The first kappa shape index (κ1) is 26.4. The van der Waals surface area contributed by atoms with Crippen LogP contribution in [0.25, 0.3) is 88.0 Å². The van der Waals surface area contributed by atoms with Gasteiger partial charge in [-0.1, -0.05) is 127 Å². The van der Waals surface area contributed by atoms with E-state index in [1.807, 2.05) is 91.0 Å². The summed E-state index contributed by atoms with van der Waals surface area (Å²) in [4.78, 5) is 19.7. The number of fused-ring (bicyclic) bond motifs is 4. The molecule has 0 atom stereocenters. The van der Waals surface area contributed by atoms with Crippen molar-refractivity contribution in [1.82, 2.24) is 19.9 Å². The van der Waals surface area contributed by atoms with Gasteiger partial charge in [-0.05, 0) is 23.8 Å². The second-order valence-electron chi connectivity index (χ2n) is 11.1. The van der Waals surface area contributed by atoms with Crippen molar-refractivity contribution in [3.05, 3.63) is 146 Å². The van der Waals surface area contributed by atoms with E-state index < -0.39 is 0 Å². The van der Waals surface area contributed by atoms with Gasteiger partial charge >= 0.3 is 0 Å². The zero-order chi connectivity index (χ0) is 30.5. The zero-order valence-electron chi connectivity index (χ0n) is 24.5. The largest absolute Gasteiger partial charge is 0.455 e. The third-order valence-electron chi connectivity index (χ3n) is 8.18. The van der Waals surface area contributed by atoms with E-state index >= 15 is 0 Å². The Bertz CT molecular complexity index is 2470. The molecule has 0 aliphatic carbocycles. The minimum absolute atomic E-state index is 0.568. The van der Waals surface area contributed by atoms with Crippen LogP contribution in [-0.4, -0.2) is 19.9 Å². The van der Waals surface area contributed by atoms with E-state index in [1.54, 1.807) is 11.3 Å². The Kier molecular flexibility index (Phi) is 6.25. The Labute approximate surface area is 268 Å². The lowest BCUT2D eigenvalue weighted by atomic mass is 10.0. The van der Waals surface area contributed by atoms with Crippen LogP contribution in [0.2, 0.25) is 0 Å². The van der Waals surface area contributed by atoms with Crippen molar-refractivity contribution in [2.45, 2.75) is 0 Å². The van der Waals surface area contributed by atoms with E-state index in [4.69, 9.17) is 24.4 Å². The molecule has 9 rings (SSSR count). The Hall–Kier alpha value is -5.98. The van der Waals surface area contributed by atoms with Crippen LogP contribution in [0.5, 0.6) is 0 Å². The lowest BCUT2D eigenvalue weighted by Crippen LogP contribution is -2.00. The maximum absolute atomic E-state index is 6.79. The summed E-state index contributed by atoms with van der Waals surface area (Å²) in [5.74, 6) is 1.80. The summed E-state index contributed by atoms with van der Waals surface area (Å²) in [6.45, 7) is 0. The van der Waals surface area contributed by atoms with Crippen LogP contribution in [0.3, 0.4) is 0 Å². The first-order valence-corrected chi connectivity index (χ1v) is 15.9. The molecule has 0 N–H and O–H groups in total. The van der Waals surface area contributed by atoms with Gasteiger partial charge in [-0.25, -0.2) is 19.9 Å². The van der Waals surface area contributed by atoms with Crippen LogP contribution in [0, 0.1) is 0 Å². The molecular formula is C40H24N4OS. The van der Waals surface area contributed by atoms with Gasteiger partial charge < -0.3 is 4.42 Å². The zero-order valence-corrected chi connectivity index (χ0v) is 25.3. The highest BCUT2D eigenvalue weighted by Gasteiger charge is 2.19. The third-order valence-corrected chi connectivity index (χ3v) is 9.25. The van der Waals surface area contributed by atoms with Crippen molar-refractivity contribution in [3.8, 4) is 55.9 Å². The lowest BCUT2D eigenvalue weighted by molar-refractivity contribution is 0.670. The fraction of sp³-hybridized carbons (Fsp3) is 0. The van der Waals surface area contributed by atoms with Crippen molar-refractivity contribution in [3.63, 3.8) is 0 Å². The molecule has 3 heterocycles. The SMILES string of the molecule is c1ccc(-c2nc(-c3ccccc3)nc(-c3cccc4c3oc3c(-c5ccc6nc(-c7ccccc7)sc6c5)cccc34)n2)cc1. The summed E-state index contributed by atoms with van der Waals surface area (Å²) < 4.78 is 7.93.